The third-order valence-electron chi connectivity index (χ3n) is 4.89. The molecule has 3 atom stereocenters. The molecule has 23 heavy (non-hydrogen) atoms. The lowest BCUT2D eigenvalue weighted by Crippen LogP contribution is -2.45. The summed E-state index contributed by atoms with van der Waals surface area (Å²) >= 11 is 0. The van der Waals surface area contributed by atoms with Crippen LogP contribution >= 0.6 is 0 Å². The van der Waals surface area contributed by atoms with Crippen LogP contribution in [0.5, 0.6) is 5.75 Å². The van der Waals surface area contributed by atoms with E-state index >= 15 is 0 Å². The fourth-order valence-electron chi connectivity index (χ4n) is 3.60. The zero-order valence-corrected chi connectivity index (χ0v) is 13.0. The number of aromatic nitrogens is 2. The van der Waals surface area contributed by atoms with Crippen molar-refractivity contribution in [3.63, 3.8) is 0 Å². The standard InChI is InChI=1S/C17H20N4O2/c1-23-15-4-2-11(3-5-15)13-9-19-21(10-13)17(22)20-16-7-14-6-12(16)8-18-14/h2-5,9-10,12,14,16,18H,6-8H2,1H3,(H,20,22). The van der Waals surface area contributed by atoms with E-state index < -0.39 is 0 Å². The molecule has 1 saturated heterocycles. The molecule has 2 heterocycles. The lowest BCUT2D eigenvalue weighted by molar-refractivity contribution is 0.230. The molecule has 1 aliphatic carbocycles. The fourth-order valence-corrected chi connectivity index (χ4v) is 3.60. The highest BCUT2D eigenvalue weighted by atomic mass is 16.5. The van der Waals surface area contributed by atoms with Crippen LogP contribution in [-0.4, -0.2) is 41.5 Å². The van der Waals surface area contributed by atoms with Gasteiger partial charge in [0.2, 0.25) is 0 Å². The number of benzene rings is 1. The predicted molar refractivity (Wildman–Crippen MR) is 86.4 cm³/mol. The number of nitrogens with one attached hydrogen (secondary N) is 2. The van der Waals surface area contributed by atoms with Gasteiger partial charge >= 0.3 is 6.03 Å². The second-order valence-corrected chi connectivity index (χ2v) is 6.29. The summed E-state index contributed by atoms with van der Waals surface area (Å²) in [5.74, 6) is 1.37. The number of carbonyl (C=O) groups is 1. The molecule has 1 aromatic carbocycles. The van der Waals surface area contributed by atoms with Gasteiger partial charge in [-0.3, -0.25) is 0 Å². The van der Waals surface area contributed by atoms with E-state index in [1.54, 1.807) is 19.5 Å². The van der Waals surface area contributed by atoms with Crippen LogP contribution in [0.15, 0.2) is 36.7 Å². The summed E-state index contributed by atoms with van der Waals surface area (Å²) in [4.78, 5) is 12.4. The number of hydrogen-bond donors (Lipinski definition) is 2. The number of hydrogen-bond acceptors (Lipinski definition) is 4. The lowest BCUT2D eigenvalue weighted by atomic mass is 10.0. The van der Waals surface area contributed by atoms with Crippen LogP contribution in [-0.2, 0) is 0 Å². The molecule has 2 aliphatic rings. The summed E-state index contributed by atoms with van der Waals surface area (Å²) < 4.78 is 6.54. The van der Waals surface area contributed by atoms with Crippen molar-refractivity contribution >= 4 is 6.03 Å². The Balaban J connectivity index is 1.45. The number of ether oxygens (including phenoxy) is 1. The number of methoxy groups -OCH3 is 1. The molecule has 6 nitrogen and oxygen atoms in total. The van der Waals surface area contributed by atoms with Gasteiger partial charge < -0.3 is 15.4 Å². The SMILES string of the molecule is COc1ccc(-c2cnn(C(=O)NC3CC4CC3CN4)c2)cc1. The number of carbonyl (C=O) groups excluding carboxylic acids is 1. The molecule has 2 N–H and O–H groups in total. The molecule has 2 fully saturated rings. The minimum Gasteiger partial charge on any atom is -0.497 e. The third-order valence-corrected chi connectivity index (χ3v) is 4.89. The van der Waals surface area contributed by atoms with Crippen molar-refractivity contribution < 1.29 is 9.53 Å². The van der Waals surface area contributed by atoms with E-state index in [0.717, 1.165) is 29.8 Å². The van der Waals surface area contributed by atoms with E-state index in [4.69, 9.17) is 4.74 Å². The quantitative estimate of drug-likeness (QED) is 0.908. The number of rotatable bonds is 3. The van der Waals surface area contributed by atoms with Crippen LogP contribution in [0.3, 0.4) is 0 Å². The third kappa shape index (κ3) is 2.70. The van der Waals surface area contributed by atoms with Gasteiger partial charge in [-0.05, 0) is 36.5 Å². The molecular formula is C17H20N4O2. The zero-order chi connectivity index (χ0) is 15.8. The maximum Gasteiger partial charge on any atom is 0.342 e. The number of fused-ring (bicyclic) bond motifs is 2. The predicted octanol–water partition coefficient (Wildman–Crippen LogP) is 1.87. The molecule has 2 aromatic rings. The highest BCUT2D eigenvalue weighted by molar-refractivity contribution is 5.78. The average Bonchev–Trinajstić information content (AvgIpc) is 3.31. The highest BCUT2D eigenvalue weighted by Gasteiger charge is 2.40. The summed E-state index contributed by atoms with van der Waals surface area (Å²) in [6.45, 7) is 1.01. The normalized spacial score (nSPS) is 25.5. The molecule has 1 aromatic heterocycles. The van der Waals surface area contributed by atoms with Gasteiger partial charge in [0, 0.05) is 30.4 Å². The summed E-state index contributed by atoms with van der Waals surface area (Å²) in [5.41, 5.74) is 1.92. The van der Waals surface area contributed by atoms with E-state index in [9.17, 15) is 4.79 Å². The van der Waals surface area contributed by atoms with Crippen LogP contribution in [0.25, 0.3) is 11.1 Å². The van der Waals surface area contributed by atoms with Gasteiger partial charge in [0.05, 0.1) is 13.3 Å². The van der Waals surface area contributed by atoms with Gasteiger partial charge in [-0.15, -0.1) is 0 Å². The number of piperidine rings is 1. The van der Waals surface area contributed by atoms with Crippen LogP contribution in [0.2, 0.25) is 0 Å². The van der Waals surface area contributed by atoms with Gasteiger partial charge in [-0.1, -0.05) is 12.1 Å². The van der Waals surface area contributed by atoms with Crippen molar-refractivity contribution in [2.24, 2.45) is 5.92 Å². The molecule has 1 saturated carbocycles. The highest BCUT2D eigenvalue weighted by Crippen LogP contribution is 2.31. The Morgan fingerprint density at radius 1 is 1.30 bits per heavy atom. The van der Waals surface area contributed by atoms with E-state index in [1.807, 2.05) is 24.3 Å². The monoisotopic (exact) mass is 312 g/mol. The minimum absolute atomic E-state index is 0.151. The first-order valence-electron chi connectivity index (χ1n) is 7.96. The van der Waals surface area contributed by atoms with Crippen LogP contribution in [0.1, 0.15) is 12.8 Å². The first kappa shape index (κ1) is 14.3. The van der Waals surface area contributed by atoms with Crippen LogP contribution in [0, 0.1) is 5.92 Å². The largest absolute Gasteiger partial charge is 0.497 e. The first-order valence-corrected chi connectivity index (χ1v) is 7.96. The van der Waals surface area contributed by atoms with Crippen LogP contribution in [0.4, 0.5) is 4.79 Å². The maximum atomic E-state index is 12.4. The molecule has 1 aliphatic heterocycles. The summed E-state index contributed by atoms with van der Waals surface area (Å²) in [6, 6.07) is 8.39. The van der Waals surface area contributed by atoms with E-state index in [0.29, 0.717) is 12.0 Å². The van der Waals surface area contributed by atoms with Crippen molar-refractivity contribution in [3.8, 4) is 16.9 Å². The maximum absolute atomic E-state index is 12.4. The Hall–Kier alpha value is -2.34. The summed E-state index contributed by atoms with van der Waals surface area (Å²) in [7, 11) is 1.64. The van der Waals surface area contributed by atoms with Gasteiger partial charge in [0.1, 0.15) is 5.75 Å². The molecular weight excluding hydrogens is 292 g/mol. The Kier molecular flexibility index (Phi) is 3.53. The molecule has 3 unspecified atom stereocenters. The Bertz CT molecular complexity index is 710. The smallest absolute Gasteiger partial charge is 0.342 e. The molecule has 120 valence electrons. The molecule has 2 bridgehead atoms. The molecule has 4 rings (SSSR count). The van der Waals surface area contributed by atoms with Gasteiger partial charge in [0.25, 0.3) is 0 Å². The fraction of sp³-hybridized carbons (Fsp3) is 0.412. The van der Waals surface area contributed by atoms with Crippen molar-refractivity contribution in [3.05, 3.63) is 36.7 Å². The van der Waals surface area contributed by atoms with Gasteiger partial charge in [-0.25, -0.2) is 4.79 Å². The topological polar surface area (TPSA) is 68.2 Å². The molecule has 0 spiro atoms. The Morgan fingerprint density at radius 3 is 2.78 bits per heavy atom. The summed E-state index contributed by atoms with van der Waals surface area (Å²) in [5, 5.41) is 10.8. The average molecular weight is 312 g/mol. The Morgan fingerprint density at radius 2 is 2.13 bits per heavy atom. The lowest BCUT2D eigenvalue weighted by Gasteiger charge is -2.23. The van der Waals surface area contributed by atoms with Crippen molar-refractivity contribution in [1.82, 2.24) is 20.4 Å². The number of amides is 1. The number of nitrogens with zero attached hydrogens (tertiary/aromatic N) is 2. The molecule has 1 amide bonds. The van der Waals surface area contributed by atoms with Crippen molar-refractivity contribution in [2.75, 3.05) is 13.7 Å². The second-order valence-electron chi connectivity index (χ2n) is 6.29. The van der Waals surface area contributed by atoms with Gasteiger partial charge in [0.15, 0.2) is 0 Å². The van der Waals surface area contributed by atoms with E-state index in [1.165, 1.54) is 11.1 Å². The van der Waals surface area contributed by atoms with Crippen molar-refractivity contribution in [1.29, 1.82) is 0 Å². The van der Waals surface area contributed by atoms with Gasteiger partial charge in [-0.2, -0.15) is 9.78 Å². The first-order chi connectivity index (χ1) is 11.2. The Labute approximate surface area is 134 Å². The van der Waals surface area contributed by atoms with Crippen LogP contribution < -0.4 is 15.4 Å². The molecule has 0 radical (unpaired) electrons. The molecule has 6 heteroatoms. The second kappa shape index (κ2) is 5.70. The van der Waals surface area contributed by atoms with E-state index in [2.05, 4.69) is 15.7 Å². The zero-order valence-electron chi connectivity index (χ0n) is 13.0. The van der Waals surface area contributed by atoms with E-state index in [-0.39, 0.29) is 12.1 Å². The summed E-state index contributed by atoms with van der Waals surface area (Å²) in [6.07, 6.45) is 5.66. The van der Waals surface area contributed by atoms with Crippen molar-refractivity contribution in [2.45, 2.75) is 24.9 Å². The minimum atomic E-state index is -0.151.